The van der Waals surface area contributed by atoms with Gasteiger partial charge in [-0.2, -0.15) is 0 Å². The lowest BCUT2D eigenvalue weighted by Crippen LogP contribution is -2.49. The number of benzene rings is 2. The normalized spacial score (nSPS) is 19.5. The highest BCUT2D eigenvalue weighted by Crippen LogP contribution is 2.40. The summed E-state index contributed by atoms with van der Waals surface area (Å²) in [7, 11) is 1.53. The Morgan fingerprint density at radius 2 is 1.79 bits per heavy atom. The number of carboxylic acid groups (broad SMARTS) is 1. The van der Waals surface area contributed by atoms with Crippen LogP contribution in [0.5, 0.6) is 17.2 Å². The van der Waals surface area contributed by atoms with Gasteiger partial charge < -0.3 is 28.8 Å². The molecular weight excluding hydrogens is 443 g/mol. The summed E-state index contributed by atoms with van der Waals surface area (Å²) in [5.74, 6) is -0.413. The standard InChI is InChI=1S/C26H29FO7/c1-30-20-13-22(24(27)23(14-20)33-18-4-5-18)21-7-6-19(12-16(21)15-32-17-2-3-17)34-26(25(28)29)8-10-31-11-9-26/h6-7,12-14,17-18H,2-5,8-11,15H2,1H3,(H,28,29). The number of hydrogen-bond donors (Lipinski definition) is 1. The van der Waals surface area contributed by atoms with Crippen LogP contribution in [0, 0.1) is 5.82 Å². The maximum absolute atomic E-state index is 15.5. The van der Waals surface area contributed by atoms with E-state index in [1.165, 1.54) is 7.11 Å². The summed E-state index contributed by atoms with van der Waals surface area (Å²) in [6, 6.07) is 8.38. The first kappa shape index (κ1) is 22.9. The third kappa shape index (κ3) is 4.98. The molecule has 1 heterocycles. The predicted octanol–water partition coefficient (Wildman–Crippen LogP) is 4.73. The second-order valence-corrected chi connectivity index (χ2v) is 9.15. The van der Waals surface area contributed by atoms with Crippen LogP contribution in [0.25, 0.3) is 11.1 Å². The zero-order valence-electron chi connectivity index (χ0n) is 19.2. The molecule has 0 spiro atoms. The van der Waals surface area contributed by atoms with Gasteiger partial charge in [-0.05, 0) is 55.0 Å². The first-order valence-electron chi connectivity index (χ1n) is 11.8. The number of halogens is 1. The maximum Gasteiger partial charge on any atom is 0.348 e. The summed E-state index contributed by atoms with van der Waals surface area (Å²) >= 11 is 0. The van der Waals surface area contributed by atoms with Gasteiger partial charge in [-0.25, -0.2) is 9.18 Å². The van der Waals surface area contributed by atoms with E-state index >= 15 is 4.39 Å². The Bertz CT molecular complexity index is 1060. The van der Waals surface area contributed by atoms with Crippen molar-refractivity contribution in [1.29, 1.82) is 0 Å². The minimum atomic E-state index is -1.35. The lowest BCUT2D eigenvalue weighted by atomic mass is 9.93. The summed E-state index contributed by atoms with van der Waals surface area (Å²) in [4.78, 5) is 12.0. The van der Waals surface area contributed by atoms with Gasteiger partial charge >= 0.3 is 5.97 Å². The highest BCUT2D eigenvalue weighted by atomic mass is 19.1. The van der Waals surface area contributed by atoms with Crippen LogP contribution in [0.15, 0.2) is 30.3 Å². The highest BCUT2D eigenvalue weighted by Gasteiger charge is 2.43. The van der Waals surface area contributed by atoms with E-state index in [1.807, 2.05) is 0 Å². The number of carbonyl (C=O) groups is 1. The van der Waals surface area contributed by atoms with E-state index in [0.29, 0.717) is 41.4 Å². The summed E-state index contributed by atoms with van der Waals surface area (Å²) in [5, 5.41) is 9.86. The smallest absolute Gasteiger partial charge is 0.348 e. The first-order valence-corrected chi connectivity index (χ1v) is 11.8. The monoisotopic (exact) mass is 472 g/mol. The molecule has 1 saturated heterocycles. The zero-order valence-corrected chi connectivity index (χ0v) is 19.2. The van der Waals surface area contributed by atoms with Crippen LogP contribution in [0.4, 0.5) is 4.39 Å². The van der Waals surface area contributed by atoms with E-state index in [9.17, 15) is 9.90 Å². The lowest BCUT2D eigenvalue weighted by Gasteiger charge is -2.33. The van der Waals surface area contributed by atoms with E-state index < -0.39 is 17.4 Å². The number of rotatable bonds is 10. The Hall–Kier alpha value is -2.84. The molecule has 0 aromatic heterocycles. The van der Waals surface area contributed by atoms with Gasteiger partial charge in [0.15, 0.2) is 11.6 Å². The highest BCUT2D eigenvalue weighted by molar-refractivity contribution is 5.78. The molecule has 2 aliphatic carbocycles. The van der Waals surface area contributed by atoms with Crippen molar-refractivity contribution in [3.05, 3.63) is 41.7 Å². The molecule has 34 heavy (non-hydrogen) atoms. The Labute approximate surface area is 197 Å². The molecule has 1 N–H and O–H groups in total. The molecule has 0 unspecified atom stereocenters. The Morgan fingerprint density at radius 1 is 1.06 bits per heavy atom. The minimum absolute atomic E-state index is 0.0367. The fourth-order valence-electron chi connectivity index (χ4n) is 4.08. The molecule has 2 aromatic carbocycles. The number of carboxylic acids is 1. The van der Waals surface area contributed by atoms with Crippen molar-refractivity contribution in [3.63, 3.8) is 0 Å². The largest absolute Gasteiger partial charge is 0.497 e. The molecule has 182 valence electrons. The van der Waals surface area contributed by atoms with Crippen LogP contribution in [-0.4, -0.2) is 49.2 Å². The van der Waals surface area contributed by atoms with Gasteiger partial charge in [0.25, 0.3) is 0 Å². The van der Waals surface area contributed by atoms with Crippen molar-refractivity contribution < 1.29 is 38.0 Å². The molecule has 2 saturated carbocycles. The minimum Gasteiger partial charge on any atom is -0.497 e. The fourth-order valence-corrected chi connectivity index (χ4v) is 4.08. The molecule has 0 bridgehead atoms. The molecular formula is C26H29FO7. The van der Waals surface area contributed by atoms with Crippen molar-refractivity contribution in [1.82, 2.24) is 0 Å². The molecule has 8 heteroatoms. The van der Waals surface area contributed by atoms with Crippen molar-refractivity contribution in [2.45, 2.75) is 62.9 Å². The molecule has 1 aliphatic heterocycles. The van der Waals surface area contributed by atoms with Gasteiger partial charge in [0.2, 0.25) is 5.60 Å². The Balaban J connectivity index is 1.51. The lowest BCUT2D eigenvalue weighted by molar-refractivity contribution is -0.163. The molecule has 0 amide bonds. The number of methoxy groups -OCH3 is 1. The van der Waals surface area contributed by atoms with Crippen LogP contribution in [0.3, 0.4) is 0 Å². The van der Waals surface area contributed by atoms with Gasteiger partial charge in [-0.15, -0.1) is 0 Å². The third-order valence-corrected chi connectivity index (χ3v) is 6.44. The Morgan fingerprint density at radius 3 is 2.44 bits per heavy atom. The number of hydrogen-bond acceptors (Lipinski definition) is 6. The summed E-state index contributed by atoms with van der Waals surface area (Å²) in [5.41, 5.74) is 0.332. The number of ether oxygens (including phenoxy) is 5. The third-order valence-electron chi connectivity index (χ3n) is 6.44. The molecule has 3 fully saturated rings. The second-order valence-electron chi connectivity index (χ2n) is 9.15. The van der Waals surface area contributed by atoms with Crippen molar-refractivity contribution in [2.24, 2.45) is 0 Å². The molecule has 0 radical (unpaired) electrons. The average Bonchev–Trinajstić information content (AvgIpc) is 3.76. The predicted molar refractivity (Wildman–Crippen MR) is 121 cm³/mol. The van der Waals surface area contributed by atoms with E-state index in [-0.39, 0.29) is 37.4 Å². The summed E-state index contributed by atoms with van der Waals surface area (Å²) in [6.07, 6.45) is 4.57. The zero-order chi connectivity index (χ0) is 23.7. The SMILES string of the molecule is COc1cc(OC2CC2)c(F)c(-c2ccc(OC3(C(=O)O)CCOCC3)cc2COC2CC2)c1. The number of aliphatic carboxylic acids is 1. The molecule has 7 nitrogen and oxygen atoms in total. The summed E-state index contributed by atoms with van der Waals surface area (Å²) < 4.78 is 44.1. The van der Waals surface area contributed by atoms with Crippen LogP contribution in [0.2, 0.25) is 0 Å². The van der Waals surface area contributed by atoms with Gasteiger partial charge in [0, 0.05) is 24.5 Å². The first-order chi connectivity index (χ1) is 16.5. The average molecular weight is 473 g/mol. The fraction of sp³-hybridized carbons (Fsp3) is 0.500. The quantitative estimate of drug-likeness (QED) is 0.535. The topological polar surface area (TPSA) is 83.5 Å². The molecule has 0 atom stereocenters. The Kier molecular flexibility index (Phi) is 6.36. The van der Waals surface area contributed by atoms with E-state index in [2.05, 4.69) is 0 Å². The second kappa shape index (κ2) is 9.43. The van der Waals surface area contributed by atoms with Gasteiger partial charge in [0.1, 0.15) is 11.5 Å². The van der Waals surface area contributed by atoms with Gasteiger partial charge in [-0.3, -0.25) is 0 Å². The van der Waals surface area contributed by atoms with Crippen molar-refractivity contribution in [2.75, 3.05) is 20.3 Å². The van der Waals surface area contributed by atoms with E-state index in [4.69, 9.17) is 23.7 Å². The van der Waals surface area contributed by atoms with Crippen LogP contribution >= 0.6 is 0 Å². The van der Waals surface area contributed by atoms with E-state index in [1.54, 1.807) is 30.3 Å². The van der Waals surface area contributed by atoms with Crippen molar-refractivity contribution >= 4 is 5.97 Å². The molecule has 3 aliphatic rings. The van der Waals surface area contributed by atoms with Crippen LogP contribution in [0.1, 0.15) is 44.1 Å². The molecule has 5 rings (SSSR count). The summed E-state index contributed by atoms with van der Waals surface area (Å²) in [6.45, 7) is 0.900. The van der Waals surface area contributed by atoms with Gasteiger partial charge in [-0.1, -0.05) is 6.07 Å². The van der Waals surface area contributed by atoms with Gasteiger partial charge in [0.05, 0.1) is 39.1 Å². The molecule has 2 aromatic rings. The van der Waals surface area contributed by atoms with Crippen molar-refractivity contribution in [3.8, 4) is 28.4 Å². The maximum atomic E-state index is 15.5. The van der Waals surface area contributed by atoms with E-state index in [0.717, 1.165) is 25.7 Å². The van der Waals surface area contributed by atoms with Crippen LogP contribution < -0.4 is 14.2 Å². The van der Waals surface area contributed by atoms with Crippen LogP contribution in [-0.2, 0) is 20.9 Å².